The van der Waals surface area contributed by atoms with E-state index >= 15 is 0 Å². The SMILES string of the molecule is CC1(C)CC(=O)C2=C(C1)Nc1ccccc1N(Cc1ccccc1)[C@@H]2c1cccs1. The highest BCUT2D eigenvalue weighted by Gasteiger charge is 2.41. The maximum absolute atomic E-state index is 13.5. The summed E-state index contributed by atoms with van der Waals surface area (Å²) < 4.78 is 0. The average molecular weight is 415 g/mol. The molecule has 30 heavy (non-hydrogen) atoms. The Balaban J connectivity index is 1.72. The minimum atomic E-state index is -0.0834. The summed E-state index contributed by atoms with van der Waals surface area (Å²) in [5, 5.41) is 5.79. The summed E-state index contributed by atoms with van der Waals surface area (Å²) in [7, 11) is 0. The monoisotopic (exact) mass is 414 g/mol. The number of fused-ring (bicyclic) bond motifs is 1. The molecule has 0 radical (unpaired) electrons. The molecule has 4 heteroatoms. The van der Waals surface area contributed by atoms with Crippen LogP contribution in [0.4, 0.5) is 11.4 Å². The zero-order valence-corrected chi connectivity index (χ0v) is 18.2. The average Bonchev–Trinajstić information content (AvgIpc) is 3.20. The van der Waals surface area contributed by atoms with Crippen molar-refractivity contribution in [2.75, 3.05) is 10.2 Å². The predicted octanol–water partition coefficient (Wildman–Crippen LogP) is 6.56. The van der Waals surface area contributed by atoms with Gasteiger partial charge in [0.05, 0.1) is 17.4 Å². The van der Waals surface area contributed by atoms with Crippen LogP contribution in [0, 0.1) is 5.41 Å². The molecule has 2 heterocycles. The lowest BCUT2D eigenvalue weighted by molar-refractivity contribution is -0.118. The number of allylic oxidation sites excluding steroid dienone is 1. The van der Waals surface area contributed by atoms with Gasteiger partial charge in [0.1, 0.15) is 0 Å². The highest BCUT2D eigenvalue weighted by Crippen LogP contribution is 2.49. The molecule has 1 aliphatic heterocycles. The normalized spacial score (nSPS) is 20.3. The Hall–Kier alpha value is -2.85. The Morgan fingerprint density at radius 1 is 1.00 bits per heavy atom. The lowest BCUT2D eigenvalue weighted by Crippen LogP contribution is -2.35. The Bertz CT molecular complexity index is 1100. The van der Waals surface area contributed by atoms with E-state index in [2.05, 4.69) is 90.1 Å². The van der Waals surface area contributed by atoms with Gasteiger partial charge in [-0.2, -0.15) is 0 Å². The van der Waals surface area contributed by atoms with Crippen LogP contribution in [0.15, 0.2) is 83.4 Å². The van der Waals surface area contributed by atoms with E-state index in [0.717, 1.165) is 35.6 Å². The molecule has 152 valence electrons. The minimum Gasteiger partial charge on any atom is -0.357 e. The molecule has 0 saturated carbocycles. The number of anilines is 2. The molecule has 1 N–H and O–H groups in total. The third kappa shape index (κ3) is 3.46. The van der Waals surface area contributed by atoms with E-state index in [-0.39, 0.29) is 17.2 Å². The zero-order chi connectivity index (χ0) is 20.7. The number of nitrogens with zero attached hydrogens (tertiary/aromatic N) is 1. The van der Waals surface area contributed by atoms with Crippen molar-refractivity contribution in [3.8, 4) is 0 Å². The maximum atomic E-state index is 13.5. The third-order valence-electron chi connectivity index (χ3n) is 6.01. The minimum absolute atomic E-state index is 0.0353. The van der Waals surface area contributed by atoms with Crippen LogP contribution < -0.4 is 10.2 Å². The van der Waals surface area contributed by atoms with E-state index in [1.807, 2.05) is 6.07 Å². The molecule has 2 aromatic carbocycles. The molecule has 0 saturated heterocycles. The van der Waals surface area contributed by atoms with Crippen molar-refractivity contribution >= 4 is 28.5 Å². The molecular formula is C26H26N2OS. The van der Waals surface area contributed by atoms with Gasteiger partial charge in [0.15, 0.2) is 5.78 Å². The molecule has 0 unspecified atom stereocenters. The van der Waals surface area contributed by atoms with Gasteiger partial charge in [-0.3, -0.25) is 4.79 Å². The first-order valence-electron chi connectivity index (χ1n) is 10.5. The number of carbonyl (C=O) groups excluding carboxylic acids is 1. The molecule has 0 bridgehead atoms. The first-order chi connectivity index (χ1) is 14.5. The van der Waals surface area contributed by atoms with Crippen LogP contribution in [0.1, 0.15) is 43.2 Å². The van der Waals surface area contributed by atoms with Crippen molar-refractivity contribution in [1.82, 2.24) is 0 Å². The lowest BCUT2D eigenvalue weighted by Gasteiger charge is -2.37. The van der Waals surface area contributed by atoms with Gasteiger partial charge in [0, 0.05) is 29.1 Å². The Labute approximate surface area is 182 Å². The summed E-state index contributed by atoms with van der Waals surface area (Å²) in [6.45, 7) is 5.12. The van der Waals surface area contributed by atoms with Crippen LogP contribution in [0.2, 0.25) is 0 Å². The molecule has 3 aromatic rings. The van der Waals surface area contributed by atoms with Gasteiger partial charge in [0.2, 0.25) is 0 Å². The van der Waals surface area contributed by atoms with Gasteiger partial charge in [-0.25, -0.2) is 0 Å². The molecule has 1 aromatic heterocycles. The van der Waals surface area contributed by atoms with Gasteiger partial charge in [0.25, 0.3) is 0 Å². The van der Waals surface area contributed by atoms with Gasteiger partial charge >= 0.3 is 0 Å². The molecular weight excluding hydrogens is 388 g/mol. The number of carbonyl (C=O) groups is 1. The number of ketones is 1. The van der Waals surface area contributed by atoms with Crippen molar-refractivity contribution in [3.05, 3.63) is 93.8 Å². The van der Waals surface area contributed by atoms with E-state index in [0.29, 0.717) is 6.42 Å². The summed E-state index contributed by atoms with van der Waals surface area (Å²) in [5.74, 6) is 0.262. The molecule has 5 rings (SSSR count). The maximum Gasteiger partial charge on any atom is 0.163 e. The topological polar surface area (TPSA) is 32.3 Å². The number of Topliss-reactive ketones (excluding diaryl/α,β-unsaturated/α-hetero) is 1. The second-order valence-corrected chi connectivity index (χ2v) is 9.99. The first kappa shape index (κ1) is 19.1. The summed E-state index contributed by atoms with van der Waals surface area (Å²) in [6, 6.07) is 23.1. The highest BCUT2D eigenvalue weighted by atomic mass is 32.1. The predicted molar refractivity (Wildman–Crippen MR) is 125 cm³/mol. The van der Waals surface area contributed by atoms with Crippen LogP contribution in [0.25, 0.3) is 0 Å². The second kappa shape index (κ2) is 7.44. The third-order valence-corrected chi connectivity index (χ3v) is 6.94. The summed E-state index contributed by atoms with van der Waals surface area (Å²) in [4.78, 5) is 17.1. The van der Waals surface area contributed by atoms with Gasteiger partial charge < -0.3 is 10.2 Å². The summed E-state index contributed by atoms with van der Waals surface area (Å²) in [6.07, 6.45) is 1.47. The van der Waals surface area contributed by atoms with E-state index in [1.54, 1.807) is 11.3 Å². The summed E-state index contributed by atoms with van der Waals surface area (Å²) >= 11 is 1.73. The number of hydrogen-bond donors (Lipinski definition) is 1. The second-order valence-electron chi connectivity index (χ2n) is 9.01. The Morgan fingerprint density at radius 3 is 2.53 bits per heavy atom. The number of para-hydroxylation sites is 2. The molecule has 0 amide bonds. The molecule has 1 atom stereocenters. The molecule has 2 aliphatic rings. The zero-order valence-electron chi connectivity index (χ0n) is 17.4. The van der Waals surface area contributed by atoms with E-state index in [9.17, 15) is 4.79 Å². The molecule has 1 aliphatic carbocycles. The van der Waals surface area contributed by atoms with Gasteiger partial charge in [-0.05, 0) is 41.0 Å². The van der Waals surface area contributed by atoms with E-state index < -0.39 is 0 Å². The Morgan fingerprint density at radius 2 is 1.77 bits per heavy atom. The summed E-state index contributed by atoms with van der Waals surface area (Å²) in [5.41, 5.74) is 5.43. The van der Waals surface area contributed by atoms with Crippen LogP contribution in [0.3, 0.4) is 0 Å². The number of nitrogens with one attached hydrogen (secondary N) is 1. The van der Waals surface area contributed by atoms with E-state index in [1.165, 1.54) is 10.4 Å². The van der Waals surface area contributed by atoms with Crippen LogP contribution >= 0.6 is 11.3 Å². The molecule has 0 fully saturated rings. The van der Waals surface area contributed by atoms with Crippen LogP contribution in [-0.4, -0.2) is 5.78 Å². The highest BCUT2D eigenvalue weighted by molar-refractivity contribution is 7.10. The van der Waals surface area contributed by atoms with Crippen molar-refractivity contribution < 1.29 is 4.79 Å². The number of rotatable bonds is 3. The first-order valence-corrected chi connectivity index (χ1v) is 11.4. The number of thiophene rings is 1. The fourth-order valence-corrected chi connectivity index (χ4v) is 5.60. The van der Waals surface area contributed by atoms with Crippen molar-refractivity contribution in [2.45, 2.75) is 39.3 Å². The fraction of sp³-hybridized carbons (Fsp3) is 0.269. The number of hydrogen-bond acceptors (Lipinski definition) is 4. The largest absolute Gasteiger partial charge is 0.357 e. The van der Waals surface area contributed by atoms with Crippen molar-refractivity contribution in [3.63, 3.8) is 0 Å². The van der Waals surface area contributed by atoms with Crippen molar-refractivity contribution in [1.29, 1.82) is 0 Å². The van der Waals surface area contributed by atoms with Crippen LogP contribution in [-0.2, 0) is 11.3 Å². The smallest absolute Gasteiger partial charge is 0.163 e. The fourth-order valence-electron chi connectivity index (χ4n) is 4.75. The standard InChI is InChI=1S/C26H26N2OS/c1-26(2)15-20-24(22(29)16-26)25(23-13-8-14-30-23)28(17-18-9-4-3-5-10-18)21-12-7-6-11-19(21)27-20/h3-14,25,27H,15-17H2,1-2H3/t25-/m1/s1. The van der Waals surface area contributed by atoms with Crippen LogP contribution in [0.5, 0.6) is 0 Å². The number of benzene rings is 2. The quantitative estimate of drug-likeness (QED) is 0.526. The van der Waals surface area contributed by atoms with Gasteiger partial charge in [-0.1, -0.05) is 62.4 Å². The molecule has 0 spiro atoms. The molecule has 3 nitrogen and oxygen atoms in total. The lowest BCUT2D eigenvalue weighted by atomic mass is 9.74. The Kier molecular flexibility index (Phi) is 4.75. The van der Waals surface area contributed by atoms with Crippen molar-refractivity contribution in [2.24, 2.45) is 5.41 Å². The van der Waals surface area contributed by atoms with Gasteiger partial charge in [-0.15, -0.1) is 11.3 Å². The van der Waals surface area contributed by atoms with E-state index in [4.69, 9.17) is 0 Å².